The Balaban J connectivity index is 2.59. The summed E-state index contributed by atoms with van der Waals surface area (Å²) in [6.45, 7) is 2.62. The zero-order chi connectivity index (χ0) is 10.7. The van der Waals surface area contributed by atoms with E-state index in [4.69, 9.17) is 11.5 Å². The molecule has 1 saturated heterocycles. The number of carbonyl (C=O) groups is 2. The van der Waals surface area contributed by atoms with E-state index < -0.39 is 11.9 Å². The van der Waals surface area contributed by atoms with Gasteiger partial charge < -0.3 is 10.0 Å². The molecule has 1 rings (SSSR count). The molecule has 4 heteroatoms. The van der Waals surface area contributed by atoms with Crippen molar-refractivity contribution in [1.82, 2.24) is 4.90 Å². The molecule has 0 aliphatic carbocycles. The first-order valence-electron chi connectivity index (χ1n) is 4.50. The number of amides is 1. The molecule has 14 heavy (non-hydrogen) atoms. The van der Waals surface area contributed by atoms with Crippen molar-refractivity contribution in [3.63, 3.8) is 0 Å². The van der Waals surface area contributed by atoms with Crippen molar-refractivity contribution in [2.75, 3.05) is 13.1 Å². The van der Waals surface area contributed by atoms with E-state index in [2.05, 4.69) is 5.92 Å². The van der Waals surface area contributed by atoms with Gasteiger partial charge in [-0.25, -0.2) is 0 Å². The Morgan fingerprint density at radius 3 is 2.64 bits per heavy atom. The highest BCUT2D eigenvalue weighted by molar-refractivity contribution is 5.80. The molecule has 4 nitrogen and oxygen atoms in total. The Bertz CT molecular complexity index is 292. The second kappa shape index (κ2) is 4.14. The van der Waals surface area contributed by atoms with E-state index in [0.717, 1.165) is 0 Å². The second-order valence-electron chi connectivity index (χ2n) is 3.60. The molecule has 0 spiro atoms. The Morgan fingerprint density at radius 1 is 1.57 bits per heavy atom. The standard InChI is InChI=1S/C10H13NO3/c1-3-4-9(12)11-5-7(2)8(6-11)10(13)14/h1,7-8H,4-6H2,2H3,(H,13,14)/t7-,8-/m1/s1. The van der Waals surface area contributed by atoms with Crippen LogP contribution in [0.2, 0.25) is 0 Å². The number of aliphatic carboxylic acids is 1. The van der Waals surface area contributed by atoms with Gasteiger partial charge in [-0.05, 0) is 5.92 Å². The number of likely N-dealkylation sites (tertiary alicyclic amines) is 1. The number of carboxylic acids is 1. The van der Waals surface area contributed by atoms with Crippen LogP contribution < -0.4 is 0 Å². The molecule has 0 aromatic heterocycles. The van der Waals surface area contributed by atoms with Crippen LogP contribution in [0.4, 0.5) is 0 Å². The van der Waals surface area contributed by atoms with Crippen LogP contribution in [0.15, 0.2) is 0 Å². The van der Waals surface area contributed by atoms with Crippen molar-refractivity contribution < 1.29 is 14.7 Å². The lowest BCUT2D eigenvalue weighted by atomic mass is 9.99. The lowest BCUT2D eigenvalue weighted by Gasteiger charge is -2.13. The quantitative estimate of drug-likeness (QED) is 0.640. The summed E-state index contributed by atoms with van der Waals surface area (Å²) in [5.74, 6) is 0.836. The van der Waals surface area contributed by atoms with Crippen LogP contribution in [0.3, 0.4) is 0 Å². The van der Waals surface area contributed by atoms with Crippen molar-refractivity contribution in [2.24, 2.45) is 11.8 Å². The van der Waals surface area contributed by atoms with Crippen molar-refractivity contribution in [3.8, 4) is 12.3 Å². The fourth-order valence-electron chi connectivity index (χ4n) is 1.69. The average molecular weight is 195 g/mol. The van der Waals surface area contributed by atoms with E-state index in [-0.39, 0.29) is 24.8 Å². The lowest BCUT2D eigenvalue weighted by Crippen LogP contribution is -2.29. The molecule has 1 amide bonds. The number of nitrogens with zero attached hydrogens (tertiary/aromatic N) is 1. The van der Waals surface area contributed by atoms with Gasteiger partial charge in [-0.2, -0.15) is 0 Å². The minimum atomic E-state index is -0.839. The van der Waals surface area contributed by atoms with E-state index in [0.29, 0.717) is 6.54 Å². The average Bonchev–Trinajstić information content (AvgIpc) is 2.48. The third kappa shape index (κ3) is 2.05. The molecule has 0 aromatic carbocycles. The molecular weight excluding hydrogens is 182 g/mol. The van der Waals surface area contributed by atoms with Crippen molar-refractivity contribution in [2.45, 2.75) is 13.3 Å². The number of carbonyl (C=O) groups excluding carboxylic acids is 1. The fourth-order valence-corrected chi connectivity index (χ4v) is 1.69. The summed E-state index contributed by atoms with van der Waals surface area (Å²) >= 11 is 0. The van der Waals surface area contributed by atoms with Crippen molar-refractivity contribution >= 4 is 11.9 Å². The van der Waals surface area contributed by atoms with Gasteiger partial charge in [0.25, 0.3) is 0 Å². The van der Waals surface area contributed by atoms with Crippen molar-refractivity contribution in [3.05, 3.63) is 0 Å². The van der Waals surface area contributed by atoms with Crippen LogP contribution in [0.25, 0.3) is 0 Å². The summed E-state index contributed by atoms with van der Waals surface area (Å²) in [6.07, 6.45) is 5.07. The Morgan fingerprint density at radius 2 is 2.21 bits per heavy atom. The molecule has 0 radical (unpaired) electrons. The summed E-state index contributed by atoms with van der Waals surface area (Å²) in [4.78, 5) is 23.6. The van der Waals surface area contributed by atoms with E-state index >= 15 is 0 Å². The van der Waals surface area contributed by atoms with Gasteiger partial charge in [0.1, 0.15) is 0 Å². The van der Waals surface area contributed by atoms with Crippen LogP contribution in [0, 0.1) is 24.2 Å². The predicted octanol–water partition coefficient (Wildman–Crippen LogP) is 0.189. The molecule has 0 bridgehead atoms. The van der Waals surface area contributed by atoms with Crippen LogP contribution in [-0.2, 0) is 9.59 Å². The number of hydrogen-bond acceptors (Lipinski definition) is 2. The van der Waals surface area contributed by atoms with Gasteiger partial charge in [0.05, 0.1) is 12.3 Å². The lowest BCUT2D eigenvalue weighted by molar-refractivity contribution is -0.142. The van der Waals surface area contributed by atoms with E-state index in [1.54, 1.807) is 0 Å². The van der Waals surface area contributed by atoms with Gasteiger partial charge in [-0.1, -0.05) is 12.8 Å². The highest BCUT2D eigenvalue weighted by Crippen LogP contribution is 2.23. The maximum atomic E-state index is 11.3. The number of terminal acetylenes is 1. The van der Waals surface area contributed by atoms with Gasteiger partial charge >= 0.3 is 5.97 Å². The minimum absolute atomic E-state index is 0.00854. The smallest absolute Gasteiger partial charge is 0.308 e. The van der Waals surface area contributed by atoms with E-state index in [1.165, 1.54) is 4.90 Å². The third-order valence-electron chi connectivity index (χ3n) is 2.54. The van der Waals surface area contributed by atoms with Gasteiger partial charge in [0.15, 0.2) is 0 Å². The molecule has 76 valence electrons. The monoisotopic (exact) mass is 195 g/mol. The second-order valence-corrected chi connectivity index (χ2v) is 3.60. The Labute approximate surface area is 82.9 Å². The van der Waals surface area contributed by atoms with Crippen LogP contribution in [0.1, 0.15) is 13.3 Å². The molecule has 2 atom stereocenters. The first kappa shape index (κ1) is 10.6. The maximum Gasteiger partial charge on any atom is 0.308 e. The normalized spacial score (nSPS) is 25.9. The number of rotatable bonds is 2. The first-order chi connectivity index (χ1) is 6.56. The molecule has 1 N–H and O–H groups in total. The van der Waals surface area contributed by atoms with Crippen LogP contribution in [0.5, 0.6) is 0 Å². The molecule has 1 fully saturated rings. The van der Waals surface area contributed by atoms with Crippen LogP contribution in [-0.4, -0.2) is 35.0 Å². The molecule has 0 saturated carbocycles. The Hall–Kier alpha value is -1.50. The van der Waals surface area contributed by atoms with Gasteiger partial charge in [-0.3, -0.25) is 9.59 Å². The zero-order valence-electron chi connectivity index (χ0n) is 8.06. The maximum absolute atomic E-state index is 11.3. The first-order valence-corrected chi connectivity index (χ1v) is 4.50. The van der Waals surface area contributed by atoms with Crippen LogP contribution >= 0.6 is 0 Å². The summed E-state index contributed by atoms with van der Waals surface area (Å²) in [5, 5.41) is 8.83. The molecule has 1 heterocycles. The van der Waals surface area contributed by atoms with Crippen molar-refractivity contribution in [1.29, 1.82) is 0 Å². The fraction of sp³-hybridized carbons (Fsp3) is 0.600. The minimum Gasteiger partial charge on any atom is -0.481 e. The SMILES string of the molecule is C#CCC(=O)N1C[C@@H](C)[C@H](C(=O)O)C1. The number of hydrogen-bond donors (Lipinski definition) is 1. The van der Waals surface area contributed by atoms with Gasteiger partial charge in [0, 0.05) is 13.1 Å². The molecule has 0 aromatic rings. The summed E-state index contributed by atoms with van der Waals surface area (Å²) in [7, 11) is 0. The predicted molar refractivity (Wildman–Crippen MR) is 50.3 cm³/mol. The third-order valence-corrected chi connectivity index (χ3v) is 2.54. The van der Waals surface area contributed by atoms with E-state index in [1.807, 2.05) is 6.92 Å². The summed E-state index contributed by atoms with van der Waals surface area (Å²) in [5.41, 5.74) is 0. The number of carboxylic acid groups (broad SMARTS) is 1. The highest BCUT2D eigenvalue weighted by Gasteiger charge is 2.36. The largest absolute Gasteiger partial charge is 0.481 e. The summed E-state index contributed by atoms with van der Waals surface area (Å²) in [6, 6.07) is 0. The van der Waals surface area contributed by atoms with E-state index in [9.17, 15) is 9.59 Å². The zero-order valence-corrected chi connectivity index (χ0v) is 8.06. The highest BCUT2D eigenvalue weighted by atomic mass is 16.4. The molecule has 1 aliphatic heterocycles. The summed E-state index contributed by atoms with van der Waals surface area (Å²) < 4.78 is 0. The molecular formula is C10H13NO3. The van der Waals surface area contributed by atoms with Gasteiger partial charge in [0.2, 0.25) is 5.91 Å². The molecule has 1 aliphatic rings. The Kier molecular flexibility index (Phi) is 3.13. The molecule has 0 unspecified atom stereocenters. The topological polar surface area (TPSA) is 57.6 Å². The van der Waals surface area contributed by atoms with Gasteiger partial charge in [-0.15, -0.1) is 6.42 Å².